The van der Waals surface area contributed by atoms with Gasteiger partial charge in [0.2, 0.25) is 11.8 Å². The molecular formula is C23H43NO5. The fourth-order valence-corrected chi connectivity index (χ4v) is 3.46. The van der Waals surface area contributed by atoms with Crippen LogP contribution in [0.5, 0.6) is 0 Å². The van der Waals surface area contributed by atoms with E-state index in [1.807, 2.05) is 0 Å². The fraction of sp³-hybridized carbons (Fsp3) is 0.870. The summed E-state index contributed by atoms with van der Waals surface area (Å²) in [4.78, 5) is 37.4. The molecule has 0 aromatic carbocycles. The summed E-state index contributed by atoms with van der Waals surface area (Å²) in [5, 5.41) is 18.7. The lowest BCUT2D eigenvalue weighted by atomic mass is 10.1. The maximum Gasteiger partial charge on any atom is 0.329 e. The third-order valence-corrected chi connectivity index (χ3v) is 5.30. The molecule has 1 atom stereocenters. The molecule has 0 aliphatic rings. The third kappa shape index (κ3) is 13.4. The number of carboxylic acids is 1. The summed E-state index contributed by atoms with van der Waals surface area (Å²) in [7, 11) is 0. The lowest BCUT2D eigenvalue weighted by Crippen LogP contribution is -2.50. The van der Waals surface area contributed by atoms with Crippen LogP contribution in [0.1, 0.15) is 117 Å². The summed E-state index contributed by atoms with van der Waals surface area (Å²) < 4.78 is 0. The highest BCUT2D eigenvalue weighted by atomic mass is 16.4. The fourth-order valence-electron chi connectivity index (χ4n) is 3.46. The molecule has 0 rings (SSSR count). The van der Waals surface area contributed by atoms with Gasteiger partial charge in [0.05, 0.1) is 6.61 Å². The SMILES string of the molecule is CCCCCCCCCC(=O)N(C(=O)CCCCCCCCC)[C@@H](CO)C(=O)O. The van der Waals surface area contributed by atoms with Crippen LogP contribution in [-0.2, 0) is 14.4 Å². The lowest BCUT2D eigenvalue weighted by Gasteiger charge is -2.26. The average Bonchev–Trinajstić information content (AvgIpc) is 2.69. The predicted octanol–water partition coefficient (Wildman–Crippen LogP) is 5.07. The van der Waals surface area contributed by atoms with Gasteiger partial charge in [-0.15, -0.1) is 0 Å². The van der Waals surface area contributed by atoms with Gasteiger partial charge in [0.25, 0.3) is 0 Å². The van der Waals surface area contributed by atoms with Crippen LogP contribution in [0, 0.1) is 0 Å². The van der Waals surface area contributed by atoms with Gasteiger partial charge in [-0.1, -0.05) is 90.9 Å². The van der Waals surface area contributed by atoms with Crippen molar-refractivity contribution >= 4 is 17.8 Å². The maximum absolute atomic E-state index is 12.6. The molecule has 0 aliphatic carbocycles. The number of imide groups is 1. The van der Waals surface area contributed by atoms with Crippen LogP contribution in [0.15, 0.2) is 0 Å². The zero-order valence-electron chi connectivity index (χ0n) is 18.7. The Balaban J connectivity index is 4.47. The number of aliphatic hydroxyl groups excluding tert-OH is 1. The molecule has 2 N–H and O–H groups in total. The number of unbranched alkanes of at least 4 members (excludes halogenated alkanes) is 12. The van der Waals surface area contributed by atoms with E-state index < -0.39 is 30.4 Å². The molecule has 2 amide bonds. The molecule has 29 heavy (non-hydrogen) atoms. The van der Waals surface area contributed by atoms with Crippen molar-refractivity contribution in [3.63, 3.8) is 0 Å². The molecule has 0 aliphatic heterocycles. The van der Waals surface area contributed by atoms with Gasteiger partial charge >= 0.3 is 5.97 Å². The Morgan fingerprint density at radius 3 is 1.31 bits per heavy atom. The van der Waals surface area contributed by atoms with Crippen LogP contribution in [0.3, 0.4) is 0 Å². The number of hydrogen-bond donors (Lipinski definition) is 2. The lowest BCUT2D eigenvalue weighted by molar-refractivity contribution is -0.160. The van der Waals surface area contributed by atoms with Crippen molar-refractivity contribution in [1.29, 1.82) is 0 Å². The molecule has 0 aromatic rings. The first kappa shape index (κ1) is 27.6. The highest BCUT2D eigenvalue weighted by molar-refractivity contribution is 5.99. The van der Waals surface area contributed by atoms with Gasteiger partial charge in [0.15, 0.2) is 6.04 Å². The zero-order valence-corrected chi connectivity index (χ0v) is 18.7. The number of carboxylic acid groups (broad SMARTS) is 1. The Bertz CT molecular complexity index is 423. The van der Waals surface area contributed by atoms with Crippen molar-refractivity contribution in [3.8, 4) is 0 Å². The van der Waals surface area contributed by atoms with Gasteiger partial charge in [-0.25, -0.2) is 4.79 Å². The Morgan fingerprint density at radius 1 is 0.655 bits per heavy atom. The number of nitrogens with zero attached hydrogens (tertiary/aromatic N) is 1. The molecule has 170 valence electrons. The summed E-state index contributed by atoms with van der Waals surface area (Å²) in [6, 6.07) is -1.48. The number of aliphatic hydroxyl groups is 1. The summed E-state index contributed by atoms with van der Waals surface area (Å²) in [6.45, 7) is 3.58. The Morgan fingerprint density at radius 2 is 1.00 bits per heavy atom. The standard InChI is InChI=1S/C23H43NO5/c1-3-5-7-9-11-13-15-17-21(26)24(20(19-25)23(28)29)22(27)18-16-14-12-10-8-6-4-2/h20,25H,3-19H2,1-2H3,(H,28,29)/t20-/m0/s1. The van der Waals surface area contributed by atoms with E-state index in [2.05, 4.69) is 13.8 Å². The molecular weight excluding hydrogens is 370 g/mol. The summed E-state index contributed by atoms with van der Waals surface area (Å²) in [5.41, 5.74) is 0. The second-order valence-corrected chi connectivity index (χ2v) is 7.94. The van der Waals surface area contributed by atoms with Gasteiger partial charge in [0, 0.05) is 12.8 Å². The van der Waals surface area contributed by atoms with Crippen molar-refractivity contribution < 1.29 is 24.6 Å². The Labute approximate surface area is 177 Å². The first-order valence-electron chi connectivity index (χ1n) is 11.7. The van der Waals surface area contributed by atoms with Gasteiger partial charge < -0.3 is 10.2 Å². The second kappa shape index (κ2) is 18.6. The molecule has 0 bridgehead atoms. The molecule has 0 heterocycles. The minimum atomic E-state index is -1.48. The monoisotopic (exact) mass is 413 g/mol. The molecule has 0 saturated heterocycles. The number of carbonyl (C=O) groups excluding carboxylic acids is 2. The van der Waals surface area contributed by atoms with Crippen LogP contribution in [0.2, 0.25) is 0 Å². The van der Waals surface area contributed by atoms with Gasteiger partial charge in [-0.3, -0.25) is 14.5 Å². The molecule has 0 radical (unpaired) electrons. The smallest absolute Gasteiger partial charge is 0.329 e. The van der Waals surface area contributed by atoms with Gasteiger partial charge in [-0.05, 0) is 12.8 Å². The van der Waals surface area contributed by atoms with E-state index >= 15 is 0 Å². The van der Waals surface area contributed by atoms with Crippen LogP contribution in [-0.4, -0.2) is 45.5 Å². The van der Waals surface area contributed by atoms with E-state index in [9.17, 15) is 24.6 Å². The molecule has 0 unspecified atom stereocenters. The van der Waals surface area contributed by atoms with Crippen LogP contribution < -0.4 is 0 Å². The van der Waals surface area contributed by atoms with E-state index in [-0.39, 0.29) is 12.8 Å². The summed E-state index contributed by atoms with van der Waals surface area (Å²) >= 11 is 0. The molecule has 0 saturated carbocycles. The normalized spacial score (nSPS) is 12.0. The highest BCUT2D eigenvalue weighted by Gasteiger charge is 2.33. The van der Waals surface area contributed by atoms with Crippen molar-refractivity contribution in [1.82, 2.24) is 4.90 Å². The minimum absolute atomic E-state index is 0.153. The number of aliphatic carboxylic acids is 1. The molecule has 0 spiro atoms. The largest absolute Gasteiger partial charge is 0.480 e. The maximum atomic E-state index is 12.6. The first-order valence-corrected chi connectivity index (χ1v) is 11.7. The summed E-state index contributed by atoms with van der Waals surface area (Å²) in [6.07, 6.45) is 14.9. The van der Waals surface area contributed by atoms with Crippen molar-refractivity contribution in [2.24, 2.45) is 0 Å². The van der Waals surface area contributed by atoms with Crippen LogP contribution >= 0.6 is 0 Å². The number of amides is 2. The summed E-state index contributed by atoms with van der Waals surface area (Å²) in [5.74, 6) is -2.30. The number of rotatable bonds is 19. The highest BCUT2D eigenvalue weighted by Crippen LogP contribution is 2.15. The van der Waals surface area contributed by atoms with E-state index in [0.717, 1.165) is 43.4 Å². The quantitative estimate of drug-likeness (QED) is 0.288. The second-order valence-electron chi connectivity index (χ2n) is 7.94. The van der Waals surface area contributed by atoms with Gasteiger partial charge in [0.1, 0.15) is 0 Å². The predicted molar refractivity (Wildman–Crippen MR) is 116 cm³/mol. The van der Waals surface area contributed by atoms with Crippen LogP contribution in [0.25, 0.3) is 0 Å². The number of hydrogen-bond acceptors (Lipinski definition) is 4. The molecule has 6 heteroatoms. The molecule has 0 aromatic heterocycles. The Hall–Kier alpha value is -1.43. The topological polar surface area (TPSA) is 94.9 Å². The Kier molecular flexibility index (Phi) is 17.7. The number of carbonyl (C=O) groups is 3. The first-order chi connectivity index (χ1) is 14.0. The van der Waals surface area contributed by atoms with E-state index in [1.54, 1.807) is 0 Å². The average molecular weight is 414 g/mol. The minimum Gasteiger partial charge on any atom is -0.480 e. The van der Waals surface area contributed by atoms with Crippen LogP contribution in [0.4, 0.5) is 0 Å². The van der Waals surface area contributed by atoms with E-state index in [4.69, 9.17) is 0 Å². The van der Waals surface area contributed by atoms with Crippen molar-refractivity contribution in [2.75, 3.05) is 6.61 Å². The zero-order chi connectivity index (χ0) is 21.9. The van der Waals surface area contributed by atoms with Crippen molar-refractivity contribution in [2.45, 2.75) is 123 Å². The van der Waals surface area contributed by atoms with Crippen molar-refractivity contribution in [3.05, 3.63) is 0 Å². The van der Waals surface area contributed by atoms with E-state index in [1.165, 1.54) is 38.5 Å². The third-order valence-electron chi connectivity index (χ3n) is 5.30. The van der Waals surface area contributed by atoms with E-state index in [0.29, 0.717) is 12.8 Å². The molecule has 0 fully saturated rings. The van der Waals surface area contributed by atoms with Gasteiger partial charge in [-0.2, -0.15) is 0 Å². The molecule has 6 nitrogen and oxygen atoms in total.